The zero-order valence-corrected chi connectivity index (χ0v) is 45.0. The van der Waals surface area contributed by atoms with Gasteiger partial charge in [-0.3, -0.25) is 18.6 Å². The van der Waals surface area contributed by atoms with Crippen LogP contribution in [0.1, 0.15) is 239 Å². The lowest BCUT2D eigenvalue weighted by Crippen LogP contribution is -2.37. The van der Waals surface area contributed by atoms with Gasteiger partial charge in [-0.15, -0.1) is 0 Å². The Balaban J connectivity index is 4.16. The fourth-order valence-corrected chi connectivity index (χ4v) is 8.27. The maximum atomic E-state index is 12.8. The van der Waals surface area contributed by atoms with Gasteiger partial charge in [-0.2, -0.15) is 0 Å². The maximum absolute atomic E-state index is 12.8. The van der Waals surface area contributed by atoms with Crippen molar-refractivity contribution in [2.45, 2.75) is 245 Å². The topological polar surface area (TPSA) is 108 Å². The monoisotopic (exact) mass is 963 g/mol. The summed E-state index contributed by atoms with van der Waals surface area (Å²) in [6.07, 6.45) is 61.4. The van der Waals surface area contributed by atoms with Gasteiger partial charge < -0.3 is 18.9 Å². The molecule has 0 fully saturated rings. The second kappa shape index (κ2) is 48.7. The molecular weight excluding hydrogens is 858 g/mol. The average molecular weight is 963 g/mol. The fraction of sp³-hybridized carbons (Fsp3) is 0.789. The highest BCUT2D eigenvalue weighted by Gasteiger charge is 2.27. The molecule has 0 rings (SSSR count). The van der Waals surface area contributed by atoms with Crippen LogP contribution in [0.4, 0.5) is 0 Å². The molecule has 67 heavy (non-hydrogen) atoms. The predicted octanol–water partition coefficient (Wildman–Crippen LogP) is 16.8. The van der Waals surface area contributed by atoms with E-state index in [4.69, 9.17) is 18.5 Å². The Hall–Kier alpha value is -2.29. The third-order valence-electron chi connectivity index (χ3n) is 11.8. The van der Waals surface area contributed by atoms with Crippen LogP contribution in [0.15, 0.2) is 60.8 Å². The molecule has 0 aromatic carbocycles. The SMILES string of the molecule is CC/C=C\C/C=C\C/C=C\C/C=C\CCCCCCCCCCCCCCCCC(=O)OC(COC(=O)CCCCCCC/C=C\CCCCCCCCC)COP(=O)(O)OCC[N+](C)(C)C. The van der Waals surface area contributed by atoms with Crippen LogP contribution in [0.25, 0.3) is 0 Å². The van der Waals surface area contributed by atoms with Crippen molar-refractivity contribution in [1.29, 1.82) is 0 Å². The molecule has 0 aromatic rings. The van der Waals surface area contributed by atoms with Crippen molar-refractivity contribution in [2.24, 2.45) is 0 Å². The summed E-state index contributed by atoms with van der Waals surface area (Å²) in [4.78, 5) is 35.6. The van der Waals surface area contributed by atoms with E-state index in [1.54, 1.807) is 0 Å². The van der Waals surface area contributed by atoms with Gasteiger partial charge in [0.2, 0.25) is 0 Å². The number of hydrogen-bond acceptors (Lipinski definition) is 7. The van der Waals surface area contributed by atoms with Crippen LogP contribution in [0, 0.1) is 0 Å². The predicted molar refractivity (Wildman–Crippen MR) is 284 cm³/mol. The summed E-state index contributed by atoms with van der Waals surface area (Å²) >= 11 is 0. The highest BCUT2D eigenvalue weighted by atomic mass is 31.2. The summed E-state index contributed by atoms with van der Waals surface area (Å²) in [5, 5.41) is 0. The second-order valence-electron chi connectivity index (χ2n) is 19.6. The van der Waals surface area contributed by atoms with E-state index in [0.717, 1.165) is 83.5 Å². The molecule has 10 heteroatoms. The third-order valence-corrected chi connectivity index (χ3v) is 12.8. The van der Waals surface area contributed by atoms with Crippen LogP contribution in [-0.2, 0) is 32.7 Å². The lowest BCUT2D eigenvalue weighted by molar-refractivity contribution is -0.870. The zero-order valence-electron chi connectivity index (χ0n) is 44.1. The number of ether oxygens (including phenoxy) is 2. The molecule has 0 heterocycles. The first-order valence-corrected chi connectivity index (χ1v) is 29.0. The number of allylic oxidation sites excluding steroid dienone is 10. The van der Waals surface area contributed by atoms with Gasteiger partial charge >= 0.3 is 19.8 Å². The number of likely N-dealkylation sites (N-methyl/N-ethyl adjacent to an activating group) is 1. The van der Waals surface area contributed by atoms with Crippen LogP contribution >= 0.6 is 7.82 Å². The number of quaternary nitrogens is 1. The first-order chi connectivity index (χ1) is 32.5. The molecule has 0 saturated heterocycles. The molecule has 2 unspecified atom stereocenters. The molecule has 2 atom stereocenters. The zero-order chi connectivity index (χ0) is 49.2. The average Bonchev–Trinajstić information content (AvgIpc) is 3.29. The lowest BCUT2D eigenvalue weighted by Gasteiger charge is -2.24. The summed E-state index contributed by atoms with van der Waals surface area (Å²) in [5.74, 6) is -0.803. The molecule has 0 saturated carbocycles. The molecule has 0 aliphatic carbocycles. The number of unbranched alkanes of at least 4 members (excludes halogenated alkanes) is 26. The first-order valence-electron chi connectivity index (χ1n) is 27.5. The molecule has 0 amide bonds. The van der Waals surface area contributed by atoms with Crippen molar-refractivity contribution in [1.82, 2.24) is 0 Å². The van der Waals surface area contributed by atoms with E-state index in [9.17, 15) is 19.0 Å². The molecule has 0 bridgehead atoms. The normalized spacial score (nSPS) is 13.8. The number of nitrogens with zero attached hydrogens (tertiary/aromatic N) is 1. The highest BCUT2D eigenvalue weighted by molar-refractivity contribution is 7.47. The summed E-state index contributed by atoms with van der Waals surface area (Å²) in [6.45, 7) is 4.32. The number of hydrogen-bond donors (Lipinski definition) is 1. The van der Waals surface area contributed by atoms with Crippen molar-refractivity contribution in [2.75, 3.05) is 47.5 Å². The molecule has 0 aliphatic rings. The number of carbonyl (C=O) groups is 2. The maximum Gasteiger partial charge on any atom is 0.472 e. The number of rotatable bonds is 50. The van der Waals surface area contributed by atoms with Crippen molar-refractivity contribution in [3.63, 3.8) is 0 Å². The van der Waals surface area contributed by atoms with Gasteiger partial charge in [0.05, 0.1) is 27.7 Å². The number of phosphoric acid groups is 1. The fourth-order valence-electron chi connectivity index (χ4n) is 7.53. The molecule has 390 valence electrons. The molecule has 0 spiro atoms. The Kier molecular flexibility index (Phi) is 47.1. The smallest absolute Gasteiger partial charge is 0.462 e. The van der Waals surface area contributed by atoms with E-state index >= 15 is 0 Å². The van der Waals surface area contributed by atoms with Gasteiger partial charge in [0.25, 0.3) is 0 Å². The van der Waals surface area contributed by atoms with Crippen molar-refractivity contribution >= 4 is 19.8 Å². The second-order valence-corrected chi connectivity index (χ2v) is 21.0. The van der Waals surface area contributed by atoms with Crippen LogP contribution in [-0.4, -0.2) is 74.9 Å². The third kappa shape index (κ3) is 52.9. The highest BCUT2D eigenvalue weighted by Crippen LogP contribution is 2.43. The van der Waals surface area contributed by atoms with Crippen molar-refractivity contribution in [3.8, 4) is 0 Å². The number of esters is 2. The van der Waals surface area contributed by atoms with E-state index in [2.05, 4.69) is 74.6 Å². The van der Waals surface area contributed by atoms with Crippen LogP contribution in [0.2, 0.25) is 0 Å². The number of carbonyl (C=O) groups excluding carboxylic acids is 2. The van der Waals surface area contributed by atoms with Crippen molar-refractivity contribution < 1.29 is 42.1 Å². The largest absolute Gasteiger partial charge is 0.472 e. The minimum absolute atomic E-state index is 0.0295. The molecule has 9 nitrogen and oxygen atoms in total. The minimum Gasteiger partial charge on any atom is -0.462 e. The minimum atomic E-state index is -4.39. The lowest BCUT2D eigenvalue weighted by atomic mass is 10.0. The van der Waals surface area contributed by atoms with E-state index in [1.807, 2.05) is 21.1 Å². The Morgan fingerprint density at radius 1 is 0.478 bits per heavy atom. The summed E-state index contributed by atoms with van der Waals surface area (Å²) in [6, 6.07) is 0. The molecule has 0 aliphatic heterocycles. The van der Waals surface area contributed by atoms with E-state index in [0.29, 0.717) is 17.4 Å². The molecule has 0 aromatic heterocycles. The first kappa shape index (κ1) is 64.7. The van der Waals surface area contributed by atoms with Crippen LogP contribution < -0.4 is 0 Å². The van der Waals surface area contributed by atoms with Crippen molar-refractivity contribution in [3.05, 3.63) is 60.8 Å². The van der Waals surface area contributed by atoms with Crippen LogP contribution in [0.3, 0.4) is 0 Å². The summed E-state index contributed by atoms with van der Waals surface area (Å²) < 4.78 is 34.5. The van der Waals surface area contributed by atoms with Gasteiger partial charge in [0.15, 0.2) is 6.10 Å². The van der Waals surface area contributed by atoms with Gasteiger partial charge in [-0.1, -0.05) is 209 Å². The summed E-state index contributed by atoms with van der Waals surface area (Å²) in [5.41, 5.74) is 0. The van der Waals surface area contributed by atoms with Gasteiger partial charge in [-0.25, -0.2) is 4.57 Å². The quantitative estimate of drug-likeness (QED) is 0.0211. The van der Waals surface area contributed by atoms with E-state index < -0.39 is 26.5 Å². The molecular formula is C57H105NO8P+. The van der Waals surface area contributed by atoms with E-state index in [-0.39, 0.29) is 32.0 Å². The van der Waals surface area contributed by atoms with Gasteiger partial charge in [0, 0.05) is 12.8 Å². The van der Waals surface area contributed by atoms with E-state index in [1.165, 1.54) is 122 Å². The Morgan fingerprint density at radius 3 is 1.28 bits per heavy atom. The van der Waals surface area contributed by atoms with Gasteiger partial charge in [-0.05, 0) is 77.0 Å². The van der Waals surface area contributed by atoms with Gasteiger partial charge in [0.1, 0.15) is 19.8 Å². The molecule has 1 N–H and O–H groups in total. The Bertz CT molecular complexity index is 1320. The standard InChI is InChI=1S/C57H104NO8P/c1-6-8-10-12-14-16-18-20-22-24-25-26-27-28-29-30-31-32-33-34-36-38-40-42-44-46-48-50-57(60)66-55(54-65-67(61,62)64-52-51-58(3,4)5)53-63-56(59)49-47-45-43-41-39-37-35-23-21-19-17-15-13-11-9-7-2/h8,10,14,16,20,22-23,25-26,35,55H,6-7,9,11-13,15,17-19,21,24,27-34,36-54H2,1-5H3/p+1/b10-8-,16-14-,22-20-,26-25-,35-23-. The molecule has 0 radical (unpaired) electrons. The number of phosphoric ester groups is 1. The Labute approximate surface area is 413 Å². The van der Waals surface area contributed by atoms with Crippen LogP contribution in [0.5, 0.6) is 0 Å². The summed E-state index contributed by atoms with van der Waals surface area (Å²) in [7, 11) is 1.47. The Morgan fingerprint density at radius 2 is 0.851 bits per heavy atom.